The van der Waals surface area contributed by atoms with Crippen molar-refractivity contribution < 1.29 is 0 Å². The third-order valence-corrected chi connectivity index (χ3v) is 4.72. The number of hydrogen-bond donors (Lipinski definition) is 0. The zero-order valence-electron chi connectivity index (χ0n) is 11.2. The highest BCUT2D eigenvalue weighted by Crippen LogP contribution is 2.30. The Kier molecular flexibility index (Phi) is 3.89. The molecule has 0 radical (unpaired) electrons. The van der Waals surface area contributed by atoms with E-state index in [2.05, 4.69) is 33.9 Å². The molecule has 19 heavy (non-hydrogen) atoms. The van der Waals surface area contributed by atoms with Crippen LogP contribution in [-0.2, 0) is 6.54 Å². The van der Waals surface area contributed by atoms with E-state index in [0.29, 0.717) is 5.92 Å². The van der Waals surface area contributed by atoms with E-state index < -0.39 is 0 Å². The molecule has 0 N–H and O–H groups in total. The van der Waals surface area contributed by atoms with Crippen molar-refractivity contribution in [2.45, 2.75) is 32.2 Å². The van der Waals surface area contributed by atoms with Crippen molar-refractivity contribution in [3.63, 3.8) is 0 Å². The fourth-order valence-electron chi connectivity index (χ4n) is 2.71. The average Bonchev–Trinajstić information content (AvgIpc) is 2.87. The quantitative estimate of drug-likeness (QED) is 0.859. The molecule has 0 aliphatic carbocycles. The van der Waals surface area contributed by atoms with E-state index in [9.17, 15) is 0 Å². The maximum absolute atomic E-state index is 4.56. The zero-order valence-corrected chi connectivity index (χ0v) is 12.1. The molecular formula is C15H19N3S. The fraction of sp³-hybridized carbons (Fsp3) is 0.467. The molecule has 0 spiro atoms. The Labute approximate surface area is 118 Å². The molecule has 0 saturated carbocycles. The summed E-state index contributed by atoms with van der Waals surface area (Å²) in [6.07, 6.45) is 8.30. The van der Waals surface area contributed by atoms with Crippen LogP contribution in [0.5, 0.6) is 0 Å². The number of aryl methyl sites for hydroxylation is 1. The summed E-state index contributed by atoms with van der Waals surface area (Å²) in [6, 6.07) is 4.22. The third kappa shape index (κ3) is 3.19. The normalized spacial score (nSPS) is 20.6. The number of piperidine rings is 1. The van der Waals surface area contributed by atoms with Crippen molar-refractivity contribution in [1.29, 1.82) is 0 Å². The second-order valence-corrected chi connectivity index (χ2v) is 6.51. The Morgan fingerprint density at radius 1 is 1.37 bits per heavy atom. The number of rotatable bonds is 3. The van der Waals surface area contributed by atoms with Gasteiger partial charge in [0.2, 0.25) is 0 Å². The molecule has 3 nitrogen and oxygen atoms in total. The molecule has 3 heterocycles. The van der Waals surface area contributed by atoms with Crippen LogP contribution in [0, 0.1) is 6.92 Å². The number of nitrogens with zero attached hydrogens (tertiary/aromatic N) is 3. The molecule has 1 fully saturated rings. The lowest BCUT2D eigenvalue weighted by atomic mass is 9.98. The summed E-state index contributed by atoms with van der Waals surface area (Å²) in [5.74, 6) is 0.620. The molecular weight excluding hydrogens is 254 g/mol. The van der Waals surface area contributed by atoms with Crippen LogP contribution in [0.15, 0.2) is 30.7 Å². The van der Waals surface area contributed by atoms with Gasteiger partial charge >= 0.3 is 0 Å². The number of likely N-dealkylation sites (tertiary alicyclic amines) is 1. The van der Waals surface area contributed by atoms with Gasteiger partial charge in [-0.15, -0.1) is 11.3 Å². The highest BCUT2D eigenvalue weighted by atomic mass is 32.1. The molecule has 4 heteroatoms. The van der Waals surface area contributed by atoms with E-state index in [-0.39, 0.29) is 0 Å². The van der Waals surface area contributed by atoms with Gasteiger partial charge in [-0.25, -0.2) is 4.98 Å². The molecule has 3 rings (SSSR count). The molecule has 0 amide bonds. The van der Waals surface area contributed by atoms with Gasteiger partial charge in [0.05, 0.1) is 5.01 Å². The molecule has 1 unspecified atom stereocenters. The lowest BCUT2D eigenvalue weighted by molar-refractivity contribution is 0.200. The molecule has 1 saturated heterocycles. The van der Waals surface area contributed by atoms with Gasteiger partial charge < -0.3 is 0 Å². The van der Waals surface area contributed by atoms with E-state index in [1.165, 1.54) is 34.8 Å². The molecule has 0 bridgehead atoms. The van der Waals surface area contributed by atoms with Crippen molar-refractivity contribution in [1.82, 2.24) is 14.9 Å². The third-order valence-electron chi connectivity index (χ3n) is 3.65. The van der Waals surface area contributed by atoms with Crippen LogP contribution in [0.4, 0.5) is 0 Å². The summed E-state index contributed by atoms with van der Waals surface area (Å²) in [5, 5.41) is 1.32. The van der Waals surface area contributed by atoms with Crippen LogP contribution >= 0.6 is 11.3 Å². The summed E-state index contributed by atoms with van der Waals surface area (Å²) in [7, 11) is 0. The Bertz CT molecular complexity index is 523. The van der Waals surface area contributed by atoms with E-state index in [0.717, 1.165) is 13.1 Å². The first-order valence-corrected chi connectivity index (χ1v) is 7.66. The number of thiazole rings is 1. The predicted octanol–water partition coefficient (Wildman–Crippen LogP) is 3.23. The van der Waals surface area contributed by atoms with Gasteiger partial charge in [-0.2, -0.15) is 0 Å². The van der Waals surface area contributed by atoms with Crippen LogP contribution in [0.2, 0.25) is 0 Å². The molecule has 1 aliphatic heterocycles. The minimum Gasteiger partial charge on any atom is -0.298 e. The molecule has 1 aliphatic rings. The van der Waals surface area contributed by atoms with Gasteiger partial charge in [0.25, 0.3) is 0 Å². The standard InChI is InChI=1S/C15H19N3S/c1-12-9-17-15(19-12)14-3-2-8-18(11-14)10-13-4-6-16-7-5-13/h4-7,9,14H,2-3,8,10-11H2,1H3. The van der Waals surface area contributed by atoms with Gasteiger partial charge in [-0.3, -0.25) is 9.88 Å². The van der Waals surface area contributed by atoms with E-state index in [1.54, 1.807) is 0 Å². The van der Waals surface area contributed by atoms with Crippen molar-refractivity contribution in [2.24, 2.45) is 0 Å². The molecule has 2 aromatic rings. The zero-order chi connectivity index (χ0) is 13.1. The SMILES string of the molecule is Cc1cnc(C2CCCN(Cc3ccncc3)C2)s1. The van der Waals surface area contributed by atoms with Gasteiger partial charge in [0.1, 0.15) is 0 Å². The minimum atomic E-state index is 0.620. The first-order valence-electron chi connectivity index (χ1n) is 6.85. The Balaban J connectivity index is 1.65. The van der Waals surface area contributed by atoms with Crippen LogP contribution < -0.4 is 0 Å². The van der Waals surface area contributed by atoms with Gasteiger partial charge in [-0.05, 0) is 44.0 Å². The fourth-order valence-corrected chi connectivity index (χ4v) is 3.61. The molecule has 1 atom stereocenters. The van der Waals surface area contributed by atoms with Gasteiger partial charge in [0.15, 0.2) is 0 Å². The van der Waals surface area contributed by atoms with Crippen LogP contribution in [0.1, 0.15) is 34.2 Å². The van der Waals surface area contributed by atoms with Crippen LogP contribution in [0.3, 0.4) is 0 Å². The van der Waals surface area contributed by atoms with Crippen LogP contribution in [0.25, 0.3) is 0 Å². The summed E-state index contributed by atoms with van der Waals surface area (Å²) in [6.45, 7) is 5.50. The van der Waals surface area contributed by atoms with Gasteiger partial charge in [0, 0.05) is 42.5 Å². The summed E-state index contributed by atoms with van der Waals surface area (Å²) in [5.41, 5.74) is 1.35. The average molecular weight is 273 g/mol. The maximum Gasteiger partial charge on any atom is 0.0971 e. The van der Waals surface area contributed by atoms with Crippen molar-refractivity contribution >= 4 is 11.3 Å². The Morgan fingerprint density at radius 3 is 2.95 bits per heavy atom. The smallest absolute Gasteiger partial charge is 0.0971 e. The topological polar surface area (TPSA) is 29.0 Å². The van der Waals surface area contributed by atoms with Gasteiger partial charge in [-0.1, -0.05) is 0 Å². The Hall–Kier alpha value is -1.26. The second-order valence-electron chi connectivity index (χ2n) is 5.24. The molecule has 100 valence electrons. The lowest BCUT2D eigenvalue weighted by Gasteiger charge is -2.31. The summed E-state index contributed by atoms with van der Waals surface area (Å²) in [4.78, 5) is 12.5. The lowest BCUT2D eigenvalue weighted by Crippen LogP contribution is -2.33. The first-order chi connectivity index (χ1) is 9.31. The minimum absolute atomic E-state index is 0.620. The number of pyridine rings is 1. The predicted molar refractivity (Wildman–Crippen MR) is 78.3 cm³/mol. The summed E-state index contributed by atoms with van der Waals surface area (Å²) >= 11 is 1.85. The first kappa shape index (κ1) is 12.8. The number of hydrogen-bond acceptors (Lipinski definition) is 4. The largest absolute Gasteiger partial charge is 0.298 e. The monoisotopic (exact) mass is 273 g/mol. The highest BCUT2D eigenvalue weighted by molar-refractivity contribution is 7.11. The summed E-state index contributed by atoms with van der Waals surface area (Å²) < 4.78 is 0. The van der Waals surface area contributed by atoms with E-state index in [4.69, 9.17) is 0 Å². The molecule has 0 aromatic carbocycles. The van der Waals surface area contributed by atoms with E-state index >= 15 is 0 Å². The van der Waals surface area contributed by atoms with Crippen LogP contribution in [-0.4, -0.2) is 28.0 Å². The molecule has 2 aromatic heterocycles. The second kappa shape index (κ2) is 5.80. The number of aromatic nitrogens is 2. The van der Waals surface area contributed by atoms with Crippen molar-refractivity contribution in [3.8, 4) is 0 Å². The maximum atomic E-state index is 4.56. The highest BCUT2D eigenvalue weighted by Gasteiger charge is 2.23. The van der Waals surface area contributed by atoms with E-state index in [1.807, 2.05) is 29.9 Å². The Morgan fingerprint density at radius 2 is 2.21 bits per heavy atom. The van der Waals surface area contributed by atoms with Crippen molar-refractivity contribution in [2.75, 3.05) is 13.1 Å². The van der Waals surface area contributed by atoms with Crippen molar-refractivity contribution in [3.05, 3.63) is 46.2 Å².